The molecule has 116 valence electrons. The zero-order valence-corrected chi connectivity index (χ0v) is 14.0. The third-order valence-electron chi connectivity index (χ3n) is 3.84. The highest BCUT2D eigenvalue weighted by atomic mass is 35.5. The lowest BCUT2D eigenvalue weighted by molar-refractivity contribution is 0.0785. The summed E-state index contributed by atoms with van der Waals surface area (Å²) in [6.45, 7) is 2.59. The molecule has 3 rings (SSSR count). The minimum atomic E-state index is -0.0370. The van der Waals surface area contributed by atoms with Gasteiger partial charge in [-0.05, 0) is 31.0 Å². The molecule has 0 aliphatic carbocycles. The van der Waals surface area contributed by atoms with E-state index in [2.05, 4.69) is 9.88 Å². The van der Waals surface area contributed by atoms with E-state index < -0.39 is 0 Å². The molecule has 0 atom stereocenters. The first-order valence-electron chi connectivity index (χ1n) is 7.33. The highest BCUT2D eigenvalue weighted by Gasteiger charge is 2.18. The van der Waals surface area contributed by atoms with Crippen LogP contribution >= 0.6 is 22.9 Å². The molecule has 0 N–H and O–H groups in total. The zero-order chi connectivity index (χ0) is 15.5. The van der Waals surface area contributed by atoms with Crippen molar-refractivity contribution in [2.24, 2.45) is 0 Å². The van der Waals surface area contributed by atoms with E-state index in [1.807, 2.05) is 17.5 Å². The second-order valence-electron chi connectivity index (χ2n) is 5.45. The van der Waals surface area contributed by atoms with Crippen molar-refractivity contribution in [3.8, 4) is 0 Å². The van der Waals surface area contributed by atoms with Gasteiger partial charge in [0.1, 0.15) is 5.01 Å². The average Bonchev–Trinajstić information content (AvgIpc) is 3.19. The monoisotopic (exact) mass is 335 g/mol. The number of carbonyl (C=O) groups is 1. The molecule has 1 fully saturated rings. The lowest BCUT2D eigenvalue weighted by atomic mass is 10.1. The van der Waals surface area contributed by atoms with Gasteiger partial charge in [-0.3, -0.25) is 4.79 Å². The fourth-order valence-electron chi connectivity index (χ4n) is 2.68. The van der Waals surface area contributed by atoms with E-state index >= 15 is 0 Å². The number of rotatable bonds is 4. The largest absolute Gasteiger partial charge is 0.370 e. The molecule has 1 saturated heterocycles. The number of amides is 1. The van der Waals surface area contributed by atoms with Crippen molar-refractivity contribution in [2.75, 3.05) is 25.0 Å². The van der Waals surface area contributed by atoms with Crippen LogP contribution in [0.5, 0.6) is 0 Å². The van der Waals surface area contributed by atoms with Gasteiger partial charge in [0.25, 0.3) is 5.91 Å². The smallest absolute Gasteiger partial charge is 0.254 e. The lowest BCUT2D eigenvalue weighted by Gasteiger charge is -2.20. The Bertz CT molecular complexity index is 653. The number of thiazole rings is 1. The molecule has 2 heterocycles. The SMILES string of the molecule is CN(Cc1nccs1)C(=O)c1ccc(N2CCCC2)c(Cl)c1. The summed E-state index contributed by atoms with van der Waals surface area (Å²) in [7, 11) is 1.78. The Kier molecular flexibility index (Phi) is 4.64. The van der Waals surface area contributed by atoms with Crippen LogP contribution in [0.25, 0.3) is 0 Å². The summed E-state index contributed by atoms with van der Waals surface area (Å²) in [6, 6.07) is 5.59. The van der Waals surface area contributed by atoms with Crippen molar-refractivity contribution in [3.05, 3.63) is 45.4 Å². The molecule has 1 amide bonds. The van der Waals surface area contributed by atoms with Crippen molar-refractivity contribution in [2.45, 2.75) is 19.4 Å². The van der Waals surface area contributed by atoms with Crippen LogP contribution in [-0.2, 0) is 6.54 Å². The molecule has 6 heteroatoms. The van der Waals surface area contributed by atoms with Crippen LogP contribution in [-0.4, -0.2) is 35.9 Å². The normalized spacial score (nSPS) is 14.4. The second-order valence-corrected chi connectivity index (χ2v) is 6.83. The van der Waals surface area contributed by atoms with E-state index in [-0.39, 0.29) is 5.91 Å². The van der Waals surface area contributed by atoms with Crippen LogP contribution in [0, 0.1) is 0 Å². The average molecular weight is 336 g/mol. The summed E-state index contributed by atoms with van der Waals surface area (Å²) in [5.74, 6) is -0.0370. The summed E-state index contributed by atoms with van der Waals surface area (Å²) in [6.07, 6.45) is 4.15. The maximum Gasteiger partial charge on any atom is 0.254 e. The van der Waals surface area contributed by atoms with Gasteiger partial charge < -0.3 is 9.80 Å². The van der Waals surface area contributed by atoms with Gasteiger partial charge in [0.05, 0.1) is 17.3 Å². The Morgan fingerprint density at radius 3 is 2.82 bits per heavy atom. The Balaban J connectivity index is 1.73. The van der Waals surface area contributed by atoms with Crippen LogP contribution < -0.4 is 4.90 Å². The van der Waals surface area contributed by atoms with E-state index in [9.17, 15) is 4.79 Å². The van der Waals surface area contributed by atoms with E-state index in [0.29, 0.717) is 17.1 Å². The lowest BCUT2D eigenvalue weighted by Crippen LogP contribution is -2.26. The molecule has 22 heavy (non-hydrogen) atoms. The zero-order valence-electron chi connectivity index (χ0n) is 12.5. The van der Waals surface area contributed by atoms with Crippen molar-refractivity contribution >= 4 is 34.5 Å². The molecular weight excluding hydrogens is 318 g/mol. The highest BCUT2D eigenvalue weighted by Crippen LogP contribution is 2.30. The van der Waals surface area contributed by atoms with Crippen LogP contribution in [0.3, 0.4) is 0 Å². The third-order valence-corrected chi connectivity index (χ3v) is 4.91. The molecular formula is C16H18ClN3OS. The first-order valence-corrected chi connectivity index (χ1v) is 8.59. The molecule has 1 aliphatic heterocycles. The first kappa shape index (κ1) is 15.3. The third kappa shape index (κ3) is 3.25. The van der Waals surface area contributed by atoms with Gasteiger partial charge in [0, 0.05) is 37.3 Å². The maximum atomic E-state index is 12.5. The summed E-state index contributed by atoms with van der Waals surface area (Å²) in [5.41, 5.74) is 1.64. The summed E-state index contributed by atoms with van der Waals surface area (Å²) in [5, 5.41) is 3.49. The van der Waals surface area contributed by atoms with Gasteiger partial charge in [0.15, 0.2) is 0 Å². The summed E-state index contributed by atoms with van der Waals surface area (Å²) >= 11 is 7.93. The number of hydrogen-bond acceptors (Lipinski definition) is 4. The maximum absolute atomic E-state index is 12.5. The number of halogens is 1. The van der Waals surface area contributed by atoms with Crippen LogP contribution in [0.2, 0.25) is 5.02 Å². The quantitative estimate of drug-likeness (QED) is 0.855. The molecule has 4 nitrogen and oxygen atoms in total. The number of anilines is 1. The van der Waals surface area contributed by atoms with E-state index in [0.717, 1.165) is 23.8 Å². The van der Waals surface area contributed by atoms with Crippen molar-refractivity contribution in [1.82, 2.24) is 9.88 Å². The van der Waals surface area contributed by atoms with Gasteiger partial charge in [0.2, 0.25) is 0 Å². The predicted octanol–water partition coefficient (Wildman–Crippen LogP) is 3.67. The standard InChI is InChI=1S/C16H18ClN3OS/c1-19(11-15-18-6-9-22-15)16(21)12-4-5-14(13(17)10-12)20-7-2-3-8-20/h4-6,9-10H,2-3,7-8,11H2,1H3. The van der Waals surface area contributed by atoms with Crippen molar-refractivity contribution in [1.29, 1.82) is 0 Å². The molecule has 0 spiro atoms. The molecule has 1 aromatic carbocycles. The van der Waals surface area contributed by atoms with Gasteiger partial charge in [-0.2, -0.15) is 0 Å². The molecule has 1 aromatic heterocycles. The number of hydrogen-bond donors (Lipinski definition) is 0. The van der Waals surface area contributed by atoms with Gasteiger partial charge >= 0.3 is 0 Å². The minimum Gasteiger partial charge on any atom is -0.370 e. The molecule has 2 aromatic rings. The van der Waals surface area contributed by atoms with Crippen molar-refractivity contribution < 1.29 is 4.79 Å². The van der Waals surface area contributed by atoms with E-state index in [1.165, 1.54) is 12.8 Å². The Labute approximate surface area is 139 Å². The van der Waals surface area contributed by atoms with Gasteiger partial charge in [-0.25, -0.2) is 4.98 Å². The van der Waals surface area contributed by atoms with Gasteiger partial charge in [-0.1, -0.05) is 11.6 Å². The number of benzene rings is 1. The molecule has 0 saturated carbocycles. The summed E-state index contributed by atoms with van der Waals surface area (Å²) < 4.78 is 0. The van der Waals surface area contributed by atoms with E-state index in [4.69, 9.17) is 11.6 Å². The molecule has 0 radical (unpaired) electrons. The van der Waals surface area contributed by atoms with Crippen LogP contribution in [0.1, 0.15) is 28.2 Å². The second kappa shape index (κ2) is 6.67. The molecule has 0 bridgehead atoms. The Morgan fingerprint density at radius 1 is 1.41 bits per heavy atom. The molecule has 0 unspecified atom stereocenters. The fraction of sp³-hybridized carbons (Fsp3) is 0.375. The van der Waals surface area contributed by atoms with Crippen LogP contribution in [0.15, 0.2) is 29.8 Å². The fourth-order valence-corrected chi connectivity index (χ4v) is 3.65. The van der Waals surface area contributed by atoms with Crippen LogP contribution in [0.4, 0.5) is 5.69 Å². The summed E-state index contributed by atoms with van der Waals surface area (Å²) in [4.78, 5) is 20.6. The highest BCUT2D eigenvalue weighted by molar-refractivity contribution is 7.09. The Hall–Kier alpha value is -1.59. The minimum absolute atomic E-state index is 0.0370. The topological polar surface area (TPSA) is 36.4 Å². The van der Waals surface area contributed by atoms with Gasteiger partial charge in [-0.15, -0.1) is 11.3 Å². The van der Waals surface area contributed by atoms with Crippen molar-refractivity contribution in [3.63, 3.8) is 0 Å². The molecule has 1 aliphatic rings. The number of carbonyl (C=O) groups excluding carboxylic acids is 1. The number of nitrogens with zero attached hydrogens (tertiary/aromatic N) is 3. The Morgan fingerprint density at radius 2 is 2.18 bits per heavy atom. The predicted molar refractivity (Wildman–Crippen MR) is 90.8 cm³/mol. The number of aromatic nitrogens is 1. The van der Waals surface area contributed by atoms with E-state index in [1.54, 1.807) is 35.5 Å². The first-order chi connectivity index (χ1) is 10.6.